The van der Waals surface area contributed by atoms with Crippen LogP contribution in [0.3, 0.4) is 0 Å². The molecule has 0 amide bonds. The van der Waals surface area contributed by atoms with E-state index in [0.717, 1.165) is 22.8 Å². The third-order valence-electron chi connectivity index (χ3n) is 6.74. The average Bonchev–Trinajstić information content (AvgIpc) is 2.80. The highest BCUT2D eigenvalue weighted by molar-refractivity contribution is 6.88. The lowest BCUT2D eigenvalue weighted by molar-refractivity contribution is -0.0395. The Morgan fingerprint density at radius 3 is 2.48 bits per heavy atom. The number of hydrogen-bond acceptors (Lipinski definition) is 4. The lowest BCUT2D eigenvalue weighted by Crippen LogP contribution is -2.39. The van der Waals surface area contributed by atoms with E-state index in [1.165, 1.54) is 10.8 Å². The van der Waals surface area contributed by atoms with Crippen LogP contribution < -0.4 is 10.7 Å². The van der Waals surface area contributed by atoms with E-state index in [2.05, 4.69) is 55.0 Å². The first-order chi connectivity index (χ1) is 15.8. The molecule has 2 heterocycles. The zero-order valence-electron chi connectivity index (χ0n) is 19.4. The van der Waals surface area contributed by atoms with E-state index >= 15 is 0 Å². The molecule has 2 atom stereocenters. The Morgan fingerprint density at radius 1 is 1.06 bits per heavy atom. The minimum absolute atomic E-state index is 0.105. The summed E-state index contributed by atoms with van der Waals surface area (Å²) in [5.74, 6) is 0. The molecule has 0 radical (unpaired) electrons. The first-order valence-electron chi connectivity index (χ1n) is 11.6. The van der Waals surface area contributed by atoms with Gasteiger partial charge in [0.2, 0.25) is 0 Å². The smallest absolute Gasteiger partial charge is 0.261 e. The second kappa shape index (κ2) is 8.52. The molecule has 0 unspecified atom stereocenters. The maximum Gasteiger partial charge on any atom is 0.261 e. The number of fused-ring (bicyclic) bond motifs is 3. The Hall–Kier alpha value is -2.80. The molecular formula is C27H30N2O3Si. The van der Waals surface area contributed by atoms with Crippen molar-refractivity contribution in [2.45, 2.75) is 44.6 Å². The van der Waals surface area contributed by atoms with Gasteiger partial charge in [-0.25, -0.2) is 4.98 Å². The van der Waals surface area contributed by atoms with Gasteiger partial charge in [0, 0.05) is 12.0 Å². The molecule has 0 aliphatic carbocycles. The Labute approximate surface area is 194 Å². The highest BCUT2D eigenvalue weighted by Crippen LogP contribution is 2.28. The van der Waals surface area contributed by atoms with Crippen LogP contribution in [0.15, 0.2) is 65.7 Å². The van der Waals surface area contributed by atoms with Crippen molar-refractivity contribution in [1.29, 1.82) is 0 Å². The van der Waals surface area contributed by atoms with E-state index in [0.29, 0.717) is 23.9 Å². The number of aliphatic hydroxyl groups is 1. The number of aromatic nitrogens is 2. The number of hydrogen-bond donors (Lipinski definition) is 1. The standard InChI is InChI=1S/C27H30N2O3Si/c1-33(2,3)20-10-8-18(9-11-20)14-19-15-23-26(22-7-5-4-6-21(19)22)28-17-29(27(23)31)24-12-13-32-16-25(24)30/h4-11,15,17,24-25,30H,12-14,16H2,1-3H3/t24-,25-/m0/s1. The minimum atomic E-state index is -1.35. The van der Waals surface area contributed by atoms with Gasteiger partial charge in [-0.3, -0.25) is 9.36 Å². The van der Waals surface area contributed by atoms with Crippen molar-refractivity contribution >= 4 is 34.9 Å². The molecule has 170 valence electrons. The number of aliphatic hydroxyl groups excluding tert-OH is 1. The molecule has 1 fully saturated rings. The molecule has 0 bridgehead atoms. The Morgan fingerprint density at radius 2 is 1.79 bits per heavy atom. The fourth-order valence-electron chi connectivity index (χ4n) is 4.81. The summed E-state index contributed by atoms with van der Waals surface area (Å²) < 4.78 is 6.94. The zero-order valence-corrected chi connectivity index (χ0v) is 20.4. The van der Waals surface area contributed by atoms with E-state index in [4.69, 9.17) is 4.74 Å². The lowest BCUT2D eigenvalue weighted by atomic mass is 9.96. The van der Waals surface area contributed by atoms with Crippen LogP contribution in [0.2, 0.25) is 19.6 Å². The Balaban J connectivity index is 1.63. The number of nitrogens with zero attached hydrogens (tertiary/aromatic N) is 2. The third kappa shape index (κ3) is 4.14. The van der Waals surface area contributed by atoms with Gasteiger partial charge in [0.1, 0.15) is 0 Å². The van der Waals surface area contributed by atoms with Gasteiger partial charge >= 0.3 is 0 Å². The predicted octanol–water partition coefficient (Wildman–Crippen LogP) is 4.01. The summed E-state index contributed by atoms with van der Waals surface area (Å²) in [7, 11) is -1.35. The van der Waals surface area contributed by atoms with Crippen molar-refractivity contribution in [2.24, 2.45) is 0 Å². The molecule has 5 nitrogen and oxygen atoms in total. The number of benzene rings is 3. The van der Waals surface area contributed by atoms with Crippen molar-refractivity contribution in [3.8, 4) is 0 Å². The highest BCUT2D eigenvalue weighted by atomic mass is 28.3. The molecule has 1 aliphatic heterocycles. The summed E-state index contributed by atoms with van der Waals surface area (Å²) in [5.41, 5.74) is 2.95. The first kappa shape index (κ1) is 22.0. The van der Waals surface area contributed by atoms with Gasteiger partial charge in [-0.05, 0) is 35.4 Å². The molecule has 1 N–H and O–H groups in total. The van der Waals surface area contributed by atoms with E-state index < -0.39 is 14.2 Å². The number of ether oxygens (including phenoxy) is 1. The largest absolute Gasteiger partial charge is 0.389 e. The lowest BCUT2D eigenvalue weighted by Gasteiger charge is -2.29. The summed E-state index contributed by atoms with van der Waals surface area (Å²) in [6, 6.07) is 18.8. The van der Waals surface area contributed by atoms with Crippen LogP contribution in [0.5, 0.6) is 0 Å². The van der Waals surface area contributed by atoms with Crippen molar-refractivity contribution in [3.63, 3.8) is 0 Å². The van der Waals surface area contributed by atoms with Crippen LogP contribution in [-0.4, -0.2) is 42.0 Å². The second-order valence-corrected chi connectivity index (χ2v) is 15.1. The molecule has 4 aromatic rings. The number of rotatable bonds is 4. The highest BCUT2D eigenvalue weighted by Gasteiger charge is 2.27. The van der Waals surface area contributed by atoms with Gasteiger partial charge in [-0.1, -0.05) is 73.4 Å². The zero-order chi connectivity index (χ0) is 23.2. The molecule has 0 spiro atoms. The van der Waals surface area contributed by atoms with E-state index in [1.807, 2.05) is 24.3 Å². The fourth-order valence-corrected chi connectivity index (χ4v) is 5.98. The molecule has 3 aromatic carbocycles. The topological polar surface area (TPSA) is 64.3 Å². The van der Waals surface area contributed by atoms with Gasteiger partial charge in [-0.2, -0.15) is 0 Å². The van der Waals surface area contributed by atoms with Gasteiger partial charge in [0.25, 0.3) is 5.56 Å². The van der Waals surface area contributed by atoms with Gasteiger partial charge in [-0.15, -0.1) is 0 Å². The van der Waals surface area contributed by atoms with E-state index in [-0.39, 0.29) is 18.2 Å². The average molecular weight is 459 g/mol. The molecular weight excluding hydrogens is 428 g/mol. The SMILES string of the molecule is C[Si](C)(C)c1ccc(Cc2cc3c(=O)n([C@H]4CCOC[C@@H]4O)cnc3c3ccccc23)cc1. The van der Waals surface area contributed by atoms with Crippen molar-refractivity contribution < 1.29 is 9.84 Å². The van der Waals surface area contributed by atoms with Crippen LogP contribution in [-0.2, 0) is 11.2 Å². The van der Waals surface area contributed by atoms with Crippen LogP contribution in [0, 0.1) is 0 Å². The Bertz CT molecular complexity index is 1370. The van der Waals surface area contributed by atoms with Crippen molar-refractivity contribution in [1.82, 2.24) is 9.55 Å². The van der Waals surface area contributed by atoms with Crippen LogP contribution in [0.1, 0.15) is 23.6 Å². The molecule has 1 aromatic heterocycles. The minimum Gasteiger partial charge on any atom is -0.389 e. The molecule has 5 rings (SSSR count). The van der Waals surface area contributed by atoms with Gasteiger partial charge in [0.15, 0.2) is 0 Å². The molecule has 1 aliphatic rings. The fraction of sp³-hybridized carbons (Fsp3) is 0.333. The summed E-state index contributed by atoms with van der Waals surface area (Å²) >= 11 is 0. The van der Waals surface area contributed by atoms with Crippen LogP contribution in [0.4, 0.5) is 0 Å². The maximum atomic E-state index is 13.6. The van der Waals surface area contributed by atoms with E-state index in [1.54, 1.807) is 10.9 Å². The first-order valence-corrected chi connectivity index (χ1v) is 15.1. The summed E-state index contributed by atoms with van der Waals surface area (Å²) in [5, 5.41) is 14.6. The predicted molar refractivity (Wildman–Crippen MR) is 136 cm³/mol. The van der Waals surface area contributed by atoms with Crippen LogP contribution >= 0.6 is 0 Å². The van der Waals surface area contributed by atoms with Gasteiger partial charge < -0.3 is 9.84 Å². The quantitative estimate of drug-likeness (QED) is 0.371. The Kier molecular flexibility index (Phi) is 5.68. The normalized spacial score (nSPS) is 19.3. The monoisotopic (exact) mass is 458 g/mol. The molecule has 33 heavy (non-hydrogen) atoms. The van der Waals surface area contributed by atoms with Crippen LogP contribution in [0.25, 0.3) is 21.7 Å². The van der Waals surface area contributed by atoms with Gasteiger partial charge in [0.05, 0.1) is 44.1 Å². The molecule has 6 heteroatoms. The summed E-state index contributed by atoms with van der Waals surface area (Å²) in [4.78, 5) is 18.2. The van der Waals surface area contributed by atoms with Crippen molar-refractivity contribution in [3.05, 3.63) is 82.4 Å². The third-order valence-corrected chi connectivity index (χ3v) is 8.81. The summed E-state index contributed by atoms with van der Waals surface area (Å²) in [6.45, 7) is 7.83. The maximum absolute atomic E-state index is 13.6. The van der Waals surface area contributed by atoms with Crippen molar-refractivity contribution in [2.75, 3.05) is 13.2 Å². The van der Waals surface area contributed by atoms with E-state index in [9.17, 15) is 9.90 Å². The molecule has 0 saturated carbocycles. The summed E-state index contributed by atoms with van der Waals surface area (Å²) in [6.07, 6.45) is 2.22. The second-order valence-electron chi connectivity index (χ2n) is 10.1. The molecule has 1 saturated heterocycles.